The third-order valence-corrected chi connectivity index (χ3v) is 4.26. The molecule has 1 N–H and O–H groups in total. The van der Waals surface area contributed by atoms with Crippen LogP contribution in [-0.2, 0) is 13.1 Å². The molecule has 2 aromatic rings. The van der Waals surface area contributed by atoms with Crippen molar-refractivity contribution in [2.75, 3.05) is 13.1 Å². The molecule has 0 spiro atoms. The Morgan fingerprint density at radius 2 is 2.05 bits per heavy atom. The molecule has 3 rings (SSSR count). The summed E-state index contributed by atoms with van der Waals surface area (Å²) in [6.07, 6.45) is 3.03. The Balaban J connectivity index is 1.86. The van der Waals surface area contributed by atoms with Gasteiger partial charge in [0, 0.05) is 25.3 Å². The van der Waals surface area contributed by atoms with Crippen LogP contribution in [0.25, 0.3) is 0 Å². The van der Waals surface area contributed by atoms with E-state index in [0.29, 0.717) is 6.04 Å². The van der Waals surface area contributed by atoms with Crippen LogP contribution in [0.5, 0.6) is 0 Å². The highest BCUT2D eigenvalue weighted by atomic mass is 15.2. The van der Waals surface area contributed by atoms with E-state index in [-0.39, 0.29) is 0 Å². The zero-order chi connectivity index (χ0) is 14.5. The van der Waals surface area contributed by atoms with Crippen molar-refractivity contribution >= 4 is 0 Å². The molecular weight excluding hydrogens is 258 g/mol. The van der Waals surface area contributed by atoms with Crippen LogP contribution in [0.15, 0.2) is 48.7 Å². The first-order chi connectivity index (χ1) is 10.4. The zero-order valence-electron chi connectivity index (χ0n) is 12.6. The van der Waals surface area contributed by atoms with Crippen molar-refractivity contribution in [3.63, 3.8) is 0 Å². The van der Waals surface area contributed by atoms with Crippen LogP contribution in [0, 0.1) is 0 Å². The molecule has 3 nitrogen and oxygen atoms in total. The van der Waals surface area contributed by atoms with Gasteiger partial charge in [-0.15, -0.1) is 0 Å². The number of rotatable bonds is 4. The number of benzene rings is 1. The maximum atomic E-state index is 4.48. The predicted octanol–water partition coefficient (Wildman–Crippen LogP) is 3.14. The zero-order valence-corrected chi connectivity index (χ0v) is 12.6. The fourth-order valence-corrected chi connectivity index (χ4v) is 3.16. The topological polar surface area (TPSA) is 28.2 Å². The number of hydrogen-bond acceptors (Lipinski definition) is 3. The molecule has 0 fully saturated rings. The van der Waals surface area contributed by atoms with Crippen LogP contribution < -0.4 is 5.32 Å². The van der Waals surface area contributed by atoms with E-state index in [2.05, 4.69) is 58.5 Å². The minimum Gasteiger partial charge on any atom is -0.313 e. The van der Waals surface area contributed by atoms with E-state index in [1.54, 1.807) is 0 Å². The highest BCUT2D eigenvalue weighted by Gasteiger charge is 2.23. The maximum Gasteiger partial charge on any atom is 0.0544 e. The van der Waals surface area contributed by atoms with Crippen LogP contribution >= 0.6 is 0 Å². The van der Waals surface area contributed by atoms with E-state index in [1.807, 2.05) is 12.3 Å². The minimum atomic E-state index is 0.475. The monoisotopic (exact) mass is 281 g/mol. The van der Waals surface area contributed by atoms with Crippen molar-refractivity contribution in [1.82, 2.24) is 15.2 Å². The molecular formula is C18H23N3. The van der Waals surface area contributed by atoms with E-state index in [0.717, 1.165) is 38.3 Å². The Kier molecular flexibility index (Phi) is 4.63. The summed E-state index contributed by atoms with van der Waals surface area (Å²) in [6, 6.07) is 15.5. The second-order valence-corrected chi connectivity index (χ2v) is 5.56. The Morgan fingerprint density at radius 3 is 2.86 bits per heavy atom. The van der Waals surface area contributed by atoms with Gasteiger partial charge in [-0.05, 0) is 42.8 Å². The van der Waals surface area contributed by atoms with Gasteiger partial charge in [0.25, 0.3) is 0 Å². The molecule has 1 aromatic heterocycles. The summed E-state index contributed by atoms with van der Waals surface area (Å²) in [4.78, 5) is 7.02. The fraction of sp³-hybridized carbons (Fsp3) is 0.389. The van der Waals surface area contributed by atoms with Crippen molar-refractivity contribution < 1.29 is 0 Å². The van der Waals surface area contributed by atoms with E-state index in [4.69, 9.17) is 0 Å². The summed E-state index contributed by atoms with van der Waals surface area (Å²) in [5, 5.41) is 3.53. The molecule has 1 aliphatic rings. The van der Waals surface area contributed by atoms with Gasteiger partial charge in [0.15, 0.2) is 0 Å². The molecule has 1 aliphatic heterocycles. The number of fused-ring (bicyclic) bond motifs is 1. The molecule has 0 aliphatic carbocycles. The van der Waals surface area contributed by atoms with Crippen LogP contribution in [0.3, 0.4) is 0 Å². The number of nitrogens with one attached hydrogen (secondary N) is 1. The average Bonchev–Trinajstić information content (AvgIpc) is 2.76. The van der Waals surface area contributed by atoms with Crippen molar-refractivity contribution in [2.45, 2.75) is 32.5 Å². The summed E-state index contributed by atoms with van der Waals surface area (Å²) in [5.74, 6) is 0. The highest BCUT2D eigenvalue weighted by Crippen LogP contribution is 2.29. The lowest BCUT2D eigenvalue weighted by molar-refractivity contribution is 0.188. The van der Waals surface area contributed by atoms with Gasteiger partial charge in [-0.3, -0.25) is 9.88 Å². The van der Waals surface area contributed by atoms with E-state index in [1.165, 1.54) is 11.1 Å². The van der Waals surface area contributed by atoms with Gasteiger partial charge in [-0.1, -0.05) is 37.3 Å². The van der Waals surface area contributed by atoms with Gasteiger partial charge in [0.2, 0.25) is 0 Å². The Morgan fingerprint density at radius 1 is 1.19 bits per heavy atom. The predicted molar refractivity (Wildman–Crippen MR) is 85.8 cm³/mol. The number of aromatic nitrogens is 1. The lowest BCUT2D eigenvalue weighted by atomic mass is 9.97. The largest absolute Gasteiger partial charge is 0.313 e. The lowest BCUT2D eigenvalue weighted by Crippen LogP contribution is -2.29. The van der Waals surface area contributed by atoms with Crippen molar-refractivity contribution in [3.05, 3.63) is 65.5 Å². The first kappa shape index (κ1) is 14.2. The van der Waals surface area contributed by atoms with Crippen molar-refractivity contribution in [2.24, 2.45) is 0 Å². The highest BCUT2D eigenvalue weighted by molar-refractivity contribution is 5.31. The van der Waals surface area contributed by atoms with Crippen LogP contribution in [0.2, 0.25) is 0 Å². The molecule has 0 amide bonds. The molecule has 3 heteroatoms. The standard InChI is InChI=1S/C18H23N3/c1-2-21(14-16-8-5-6-11-20-16)18-10-12-19-13-15-7-3-4-9-17(15)18/h3-9,11,18-19H,2,10,12-14H2,1H3. The summed E-state index contributed by atoms with van der Waals surface area (Å²) < 4.78 is 0. The van der Waals surface area contributed by atoms with Crippen molar-refractivity contribution in [3.8, 4) is 0 Å². The molecule has 0 saturated carbocycles. The number of nitrogens with zero attached hydrogens (tertiary/aromatic N) is 2. The smallest absolute Gasteiger partial charge is 0.0544 e. The molecule has 2 heterocycles. The summed E-state index contributed by atoms with van der Waals surface area (Å²) in [5.41, 5.74) is 4.05. The van der Waals surface area contributed by atoms with E-state index >= 15 is 0 Å². The van der Waals surface area contributed by atoms with E-state index < -0.39 is 0 Å². The molecule has 1 aromatic carbocycles. The Bertz CT molecular complexity index is 568. The van der Waals surface area contributed by atoms with Crippen molar-refractivity contribution in [1.29, 1.82) is 0 Å². The Labute approximate surface area is 127 Å². The summed E-state index contributed by atoms with van der Waals surface area (Å²) in [7, 11) is 0. The molecule has 110 valence electrons. The first-order valence-electron chi connectivity index (χ1n) is 7.81. The van der Waals surface area contributed by atoms with Crippen LogP contribution in [0.4, 0.5) is 0 Å². The maximum absolute atomic E-state index is 4.48. The summed E-state index contributed by atoms with van der Waals surface area (Å²) in [6.45, 7) is 6.24. The molecule has 1 atom stereocenters. The molecule has 1 unspecified atom stereocenters. The third kappa shape index (κ3) is 3.31. The molecule has 0 saturated heterocycles. The van der Waals surface area contributed by atoms with Gasteiger partial charge in [0.05, 0.1) is 5.69 Å². The minimum absolute atomic E-state index is 0.475. The Hall–Kier alpha value is -1.71. The molecule has 21 heavy (non-hydrogen) atoms. The fourth-order valence-electron chi connectivity index (χ4n) is 3.16. The normalized spacial score (nSPS) is 18.3. The molecule has 0 bridgehead atoms. The SMILES string of the molecule is CCN(Cc1ccccn1)C1CCNCc2ccccc21. The molecule has 0 radical (unpaired) electrons. The number of pyridine rings is 1. The van der Waals surface area contributed by atoms with Gasteiger partial charge in [-0.25, -0.2) is 0 Å². The van der Waals surface area contributed by atoms with Gasteiger partial charge >= 0.3 is 0 Å². The average molecular weight is 281 g/mol. The van der Waals surface area contributed by atoms with Gasteiger partial charge < -0.3 is 5.32 Å². The third-order valence-electron chi connectivity index (χ3n) is 4.26. The van der Waals surface area contributed by atoms with Crippen LogP contribution in [-0.4, -0.2) is 23.0 Å². The second-order valence-electron chi connectivity index (χ2n) is 5.56. The van der Waals surface area contributed by atoms with Gasteiger partial charge in [0.1, 0.15) is 0 Å². The van der Waals surface area contributed by atoms with E-state index in [9.17, 15) is 0 Å². The second kappa shape index (κ2) is 6.83. The number of hydrogen-bond donors (Lipinski definition) is 1. The van der Waals surface area contributed by atoms with Crippen LogP contribution in [0.1, 0.15) is 36.2 Å². The summed E-state index contributed by atoms with van der Waals surface area (Å²) >= 11 is 0. The lowest BCUT2D eigenvalue weighted by Gasteiger charge is -2.31. The van der Waals surface area contributed by atoms with Gasteiger partial charge in [-0.2, -0.15) is 0 Å². The quantitative estimate of drug-likeness (QED) is 0.933. The first-order valence-corrected chi connectivity index (χ1v) is 7.81.